The second-order valence-corrected chi connectivity index (χ2v) is 4.61. The zero-order chi connectivity index (χ0) is 15.3. The maximum Gasteiger partial charge on any atom is 0.416 e. The standard InChI is InChI=1S/C15H10ClF3NO/c16-14-7-3-12(4-8-14)10-21-20-9-11-1-5-13(6-2-11)15(17,18)19/h1-8H,10H2. The smallest absolute Gasteiger partial charge is 0.390 e. The van der Waals surface area contributed by atoms with E-state index in [4.69, 9.17) is 16.4 Å². The van der Waals surface area contributed by atoms with E-state index >= 15 is 0 Å². The fourth-order valence-electron chi connectivity index (χ4n) is 1.51. The van der Waals surface area contributed by atoms with Gasteiger partial charge < -0.3 is 4.84 Å². The summed E-state index contributed by atoms with van der Waals surface area (Å²) in [5, 5.41) is 4.21. The Bertz CT molecular complexity index is 606. The molecule has 0 aromatic heterocycles. The van der Waals surface area contributed by atoms with Crippen LogP contribution in [0.5, 0.6) is 0 Å². The Hall–Kier alpha value is -2.01. The molecule has 0 aliphatic heterocycles. The van der Waals surface area contributed by atoms with Gasteiger partial charge in [0.1, 0.15) is 12.8 Å². The average molecular weight is 313 g/mol. The van der Waals surface area contributed by atoms with E-state index in [0.29, 0.717) is 10.6 Å². The van der Waals surface area contributed by atoms with E-state index < -0.39 is 11.7 Å². The first-order valence-corrected chi connectivity index (χ1v) is 6.33. The average Bonchev–Trinajstić information content (AvgIpc) is 2.45. The highest BCUT2D eigenvalue weighted by Crippen LogP contribution is 2.28. The highest BCUT2D eigenvalue weighted by atomic mass is 35.5. The van der Waals surface area contributed by atoms with Gasteiger partial charge in [0.25, 0.3) is 0 Å². The molecule has 0 aliphatic carbocycles. The van der Waals surface area contributed by atoms with Gasteiger partial charge in [0, 0.05) is 10.6 Å². The summed E-state index contributed by atoms with van der Waals surface area (Å²) >= 11 is 5.74. The minimum absolute atomic E-state index is 0.227. The molecule has 0 saturated heterocycles. The van der Waals surface area contributed by atoms with E-state index in [-0.39, 0.29) is 6.61 Å². The third-order valence-electron chi connectivity index (χ3n) is 2.60. The van der Waals surface area contributed by atoms with Gasteiger partial charge in [-0.05, 0) is 29.8 Å². The lowest BCUT2D eigenvalue weighted by Gasteiger charge is -2.05. The lowest BCUT2D eigenvalue weighted by Crippen LogP contribution is -2.04. The minimum atomic E-state index is -4.35. The molecule has 21 heavy (non-hydrogen) atoms. The van der Waals surface area contributed by atoms with Crippen LogP contribution in [0.4, 0.5) is 13.2 Å². The molecule has 109 valence electrons. The molecular weight excluding hydrogens is 303 g/mol. The topological polar surface area (TPSA) is 21.6 Å². The van der Waals surface area contributed by atoms with E-state index in [9.17, 15) is 13.2 Å². The van der Waals surface area contributed by atoms with Gasteiger partial charge in [0.05, 0.1) is 5.56 Å². The van der Waals surface area contributed by atoms with E-state index in [1.165, 1.54) is 12.1 Å². The summed E-state index contributed by atoms with van der Waals surface area (Å²) in [6.45, 7) is 0.227. The van der Waals surface area contributed by atoms with Crippen LogP contribution in [0.25, 0.3) is 0 Å². The van der Waals surface area contributed by atoms with Gasteiger partial charge in [0.2, 0.25) is 0 Å². The second-order valence-electron chi connectivity index (χ2n) is 4.18. The van der Waals surface area contributed by atoms with Crippen molar-refractivity contribution in [2.45, 2.75) is 12.8 Å². The summed E-state index contributed by atoms with van der Waals surface area (Å²) in [7, 11) is 0. The van der Waals surface area contributed by atoms with Gasteiger partial charge in [-0.2, -0.15) is 13.2 Å². The Balaban J connectivity index is 1.88. The molecule has 2 rings (SSSR count). The summed E-state index contributed by atoms with van der Waals surface area (Å²) in [6.07, 6.45) is -1.83. The van der Waals surface area contributed by atoms with Crippen LogP contribution >= 0.6 is 11.6 Å². The van der Waals surface area contributed by atoms with Crippen molar-refractivity contribution < 1.29 is 18.0 Å². The fourth-order valence-corrected chi connectivity index (χ4v) is 1.63. The summed E-state index contributed by atoms with van der Waals surface area (Å²) in [4.78, 5) is 5.01. The van der Waals surface area contributed by atoms with Crippen molar-refractivity contribution in [1.82, 2.24) is 0 Å². The molecule has 1 radical (unpaired) electrons. The van der Waals surface area contributed by atoms with E-state index in [0.717, 1.165) is 17.7 Å². The van der Waals surface area contributed by atoms with Crippen LogP contribution < -0.4 is 0 Å². The quantitative estimate of drug-likeness (QED) is 0.588. The number of hydrogen-bond donors (Lipinski definition) is 0. The predicted molar refractivity (Wildman–Crippen MR) is 74.2 cm³/mol. The third kappa shape index (κ3) is 4.79. The molecule has 2 aromatic rings. The first-order chi connectivity index (χ1) is 9.95. The molecule has 0 spiro atoms. The number of halogens is 4. The molecule has 6 heteroatoms. The van der Waals surface area contributed by atoms with Crippen LogP contribution in [0.3, 0.4) is 0 Å². The van der Waals surface area contributed by atoms with Crippen LogP contribution in [-0.4, -0.2) is 6.21 Å². The highest BCUT2D eigenvalue weighted by molar-refractivity contribution is 6.30. The molecule has 0 saturated carbocycles. The summed E-state index contributed by atoms with van der Waals surface area (Å²) in [6, 6.07) is 11.5. The van der Waals surface area contributed by atoms with Crippen molar-refractivity contribution in [3.63, 3.8) is 0 Å². The number of benzene rings is 2. The van der Waals surface area contributed by atoms with Crippen molar-refractivity contribution in [2.75, 3.05) is 0 Å². The molecular formula is C15H10ClF3NO. The molecule has 0 atom stereocenters. The van der Waals surface area contributed by atoms with Crippen molar-refractivity contribution in [3.05, 3.63) is 70.2 Å². The largest absolute Gasteiger partial charge is 0.416 e. The number of nitrogens with zero attached hydrogens (tertiary/aromatic N) is 1. The molecule has 0 amide bonds. The monoisotopic (exact) mass is 312 g/mol. The van der Waals surface area contributed by atoms with Gasteiger partial charge in [0.15, 0.2) is 0 Å². The highest BCUT2D eigenvalue weighted by Gasteiger charge is 2.29. The first kappa shape index (κ1) is 15.4. The van der Waals surface area contributed by atoms with Crippen molar-refractivity contribution in [2.24, 2.45) is 5.16 Å². The van der Waals surface area contributed by atoms with Crippen LogP contribution in [-0.2, 0) is 17.6 Å². The fraction of sp³-hybridized carbons (Fsp3) is 0.133. The Kier molecular flexibility index (Phi) is 4.85. The molecule has 0 aliphatic rings. The molecule has 0 bridgehead atoms. The van der Waals surface area contributed by atoms with Crippen LogP contribution in [0.2, 0.25) is 5.02 Å². The lowest BCUT2D eigenvalue weighted by atomic mass is 10.1. The molecule has 0 fully saturated rings. The van der Waals surface area contributed by atoms with Crippen molar-refractivity contribution in [3.8, 4) is 0 Å². The van der Waals surface area contributed by atoms with Crippen LogP contribution in [0.1, 0.15) is 16.7 Å². The van der Waals surface area contributed by atoms with Gasteiger partial charge >= 0.3 is 6.18 Å². The second kappa shape index (κ2) is 6.63. The molecule has 0 heterocycles. The Morgan fingerprint density at radius 3 is 2.19 bits per heavy atom. The molecule has 2 aromatic carbocycles. The van der Waals surface area contributed by atoms with Crippen molar-refractivity contribution >= 4 is 17.8 Å². The number of rotatable bonds is 4. The zero-order valence-electron chi connectivity index (χ0n) is 10.7. The Morgan fingerprint density at radius 1 is 1.00 bits per heavy atom. The SMILES string of the molecule is FC(F)(F)c1ccc(/[C]=N\OCc2ccc(Cl)cc2)cc1. The van der Waals surface area contributed by atoms with Gasteiger partial charge in [-0.3, -0.25) is 0 Å². The number of alkyl halides is 3. The number of hydrogen-bond acceptors (Lipinski definition) is 2. The summed E-state index contributed by atoms with van der Waals surface area (Å²) in [5.41, 5.74) is 0.562. The zero-order valence-corrected chi connectivity index (χ0v) is 11.4. The van der Waals surface area contributed by atoms with Gasteiger partial charge in [-0.15, -0.1) is 0 Å². The summed E-state index contributed by atoms with van der Waals surface area (Å²) in [5.74, 6) is 0. The minimum Gasteiger partial charge on any atom is -0.390 e. The molecule has 2 nitrogen and oxygen atoms in total. The first-order valence-electron chi connectivity index (χ1n) is 5.95. The van der Waals surface area contributed by atoms with E-state index in [2.05, 4.69) is 11.4 Å². The lowest BCUT2D eigenvalue weighted by molar-refractivity contribution is -0.137. The Labute approximate surface area is 124 Å². The molecule has 0 N–H and O–H groups in total. The Morgan fingerprint density at radius 2 is 1.62 bits per heavy atom. The molecule has 0 unspecified atom stereocenters. The van der Waals surface area contributed by atoms with Gasteiger partial charge in [-0.25, -0.2) is 0 Å². The van der Waals surface area contributed by atoms with E-state index in [1.807, 2.05) is 0 Å². The third-order valence-corrected chi connectivity index (χ3v) is 2.85. The summed E-state index contributed by atoms with van der Waals surface area (Å²) < 4.78 is 37.1. The van der Waals surface area contributed by atoms with Crippen molar-refractivity contribution in [1.29, 1.82) is 0 Å². The van der Waals surface area contributed by atoms with E-state index in [1.54, 1.807) is 24.3 Å². The normalized spacial score (nSPS) is 11.8. The van der Waals surface area contributed by atoms with Gasteiger partial charge in [-0.1, -0.05) is 41.0 Å². The predicted octanol–water partition coefficient (Wildman–Crippen LogP) is 4.79. The van der Waals surface area contributed by atoms with Crippen LogP contribution in [0.15, 0.2) is 53.7 Å². The maximum absolute atomic E-state index is 12.4. The van der Waals surface area contributed by atoms with Crippen LogP contribution in [0, 0.1) is 0 Å². The maximum atomic E-state index is 12.4.